The first-order chi connectivity index (χ1) is 14.6. The highest BCUT2D eigenvalue weighted by Gasteiger charge is 2.27. The van der Waals surface area contributed by atoms with Crippen LogP contribution in [0.1, 0.15) is 5.56 Å². The minimum atomic E-state index is -0.418. The van der Waals surface area contributed by atoms with E-state index in [1.54, 1.807) is 0 Å². The molecule has 0 amide bonds. The first kappa shape index (κ1) is 19.4. The Morgan fingerprint density at radius 3 is 2.13 bits per heavy atom. The van der Waals surface area contributed by atoms with Crippen LogP contribution in [0.2, 0.25) is 0 Å². The molecule has 1 aromatic heterocycles. The third-order valence-corrected chi connectivity index (χ3v) is 4.71. The molecular formula is C24H20O6. The summed E-state index contributed by atoms with van der Waals surface area (Å²) in [5, 5.41) is 10.7. The fourth-order valence-corrected chi connectivity index (χ4v) is 3.29. The zero-order valence-electron chi connectivity index (χ0n) is 16.5. The lowest BCUT2D eigenvalue weighted by Gasteiger charge is -2.17. The molecule has 152 valence electrons. The van der Waals surface area contributed by atoms with Crippen molar-refractivity contribution in [3.63, 3.8) is 0 Å². The molecule has 0 saturated heterocycles. The molecule has 6 nitrogen and oxygen atoms in total. The van der Waals surface area contributed by atoms with Crippen molar-refractivity contribution in [3.8, 4) is 34.3 Å². The molecule has 6 heteroatoms. The van der Waals surface area contributed by atoms with Crippen molar-refractivity contribution in [1.82, 2.24) is 0 Å². The van der Waals surface area contributed by atoms with Gasteiger partial charge in [-0.05, 0) is 5.56 Å². The molecule has 0 aliphatic heterocycles. The van der Waals surface area contributed by atoms with Crippen LogP contribution < -0.4 is 19.6 Å². The van der Waals surface area contributed by atoms with Crippen molar-refractivity contribution >= 4 is 11.0 Å². The van der Waals surface area contributed by atoms with Gasteiger partial charge in [-0.3, -0.25) is 4.79 Å². The highest BCUT2D eigenvalue weighted by Crippen LogP contribution is 2.50. The van der Waals surface area contributed by atoms with Crippen LogP contribution in [-0.4, -0.2) is 19.3 Å². The number of rotatable bonds is 6. The van der Waals surface area contributed by atoms with Gasteiger partial charge in [-0.1, -0.05) is 60.7 Å². The topological polar surface area (TPSA) is 78.1 Å². The molecule has 0 aliphatic rings. The maximum atomic E-state index is 12.8. The highest BCUT2D eigenvalue weighted by atomic mass is 16.5. The van der Waals surface area contributed by atoms with Crippen LogP contribution in [0.5, 0.6) is 23.0 Å². The average molecular weight is 404 g/mol. The summed E-state index contributed by atoms with van der Waals surface area (Å²) in [4.78, 5) is 12.8. The van der Waals surface area contributed by atoms with Gasteiger partial charge in [-0.2, -0.15) is 0 Å². The first-order valence-electron chi connectivity index (χ1n) is 9.31. The summed E-state index contributed by atoms with van der Waals surface area (Å²) in [5.41, 5.74) is 1.31. The smallest absolute Gasteiger partial charge is 0.211 e. The number of aromatic hydroxyl groups is 1. The van der Waals surface area contributed by atoms with Gasteiger partial charge in [0.25, 0.3) is 0 Å². The summed E-state index contributed by atoms with van der Waals surface area (Å²) in [6, 6.07) is 20.1. The highest BCUT2D eigenvalue weighted by molar-refractivity contribution is 5.95. The Labute approximate surface area is 172 Å². The van der Waals surface area contributed by atoms with Crippen LogP contribution in [0, 0.1) is 0 Å². The first-order valence-corrected chi connectivity index (χ1v) is 9.31. The molecule has 1 N–H and O–H groups in total. The summed E-state index contributed by atoms with van der Waals surface area (Å²) in [5.74, 6) is 0.331. The minimum Gasteiger partial charge on any atom is -0.504 e. The molecule has 0 atom stereocenters. The van der Waals surface area contributed by atoms with Crippen LogP contribution in [0.3, 0.4) is 0 Å². The van der Waals surface area contributed by atoms with E-state index in [9.17, 15) is 9.90 Å². The van der Waals surface area contributed by atoms with Gasteiger partial charge in [-0.25, -0.2) is 0 Å². The lowest BCUT2D eigenvalue weighted by Crippen LogP contribution is -2.06. The maximum Gasteiger partial charge on any atom is 0.211 e. The normalized spacial score (nSPS) is 10.7. The van der Waals surface area contributed by atoms with E-state index in [2.05, 4.69) is 0 Å². The third-order valence-electron chi connectivity index (χ3n) is 4.71. The van der Waals surface area contributed by atoms with Crippen molar-refractivity contribution < 1.29 is 23.7 Å². The second kappa shape index (κ2) is 8.21. The van der Waals surface area contributed by atoms with Gasteiger partial charge in [-0.15, -0.1) is 0 Å². The molecule has 4 rings (SSSR count). The molecule has 0 saturated carbocycles. The molecule has 30 heavy (non-hydrogen) atoms. The number of benzene rings is 3. The molecule has 3 aromatic carbocycles. The predicted octanol–water partition coefficient (Wildman–Crippen LogP) is 4.76. The molecule has 0 bridgehead atoms. The van der Waals surface area contributed by atoms with Crippen LogP contribution in [0.4, 0.5) is 0 Å². The molecule has 4 aromatic rings. The second-order valence-electron chi connectivity index (χ2n) is 6.56. The number of hydrogen-bond acceptors (Lipinski definition) is 6. The summed E-state index contributed by atoms with van der Waals surface area (Å²) < 4.78 is 22.8. The summed E-state index contributed by atoms with van der Waals surface area (Å²) in [7, 11) is 2.82. The lowest BCUT2D eigenvalue weighted by atomic mass is 10.1. The molecule has 0 radical (unpaired) electrons. The van der Waals surface area contributed by atoms with E-state index in [1.807, 2.05) is 60.7 Å². The Hall–Kier alpha value is -3.93. The van der Waals surface area contributed by atoms with Crippen LogP contribution in [0.25, 0.3) is 22.3 Å². The number of phenols is 1. The molecule has 0 fully saturated rings. The molecule has 0 aliphatic carbocycles. The summed E-state index contributed by atoms with van der Waals surface area (Å²) >= 11 is 0. The number of hydrogen-bond donors (Lipinski definition) is 1. The van der Waals surface area contributed by atoms with E-state index in [0.29, 0.717) is 5.76 Å². The lowest BCUT2D eigenvalue weighted by molar-refractivity contribution is 0.260. The van der Waals surface area contributed by atoms with Gasteiger partial charge >= 0.3 is 0 Å². The molecule has 1 heterocycles. The monoisotopic (exact) mass is 404 g/mol. The van der Waals surface area contributed by atoms with Crippen LogP contribution in [-0.2, 0) is 6.61 Å². The van der Waals surface area contributed by atoms with Crippen molar-refractivity contribution in [2.24, 2.45) is 0 Å². The Balaban J connectivity index is 1.93. The summed E-state index contributed by atoms with van der Waals surface area (Å²) in [6.07, 6.45) is 0. The third kappa shape index (κ3) is 3.43. The van der Waals surface area contributed by atoms with Crippen molar-refractivity contribution in [2.45, 2.75) is 6.61 Å². The summed E-state index contributed by atoms with van der Waals surface area (Å²) in [6.45, 7) is 0.209. The zero-order valence-corrected chi connectivity index (χ0v) is 16.5. The Morgan fingerprint density at radius 1 is 0.867 bits per heavy atom. The van der Waals surface area contributed by atoms with E-state index in [0.717, 1.165) is 11.1 Å². The Bertz CT molecular complexity index is 1230. The molecular weight excluding hydrogens is 384 g/mol. The van der Waals surface area contributed by atoms with Crippen molar-refractivity contribution in [1.29, 1.82) is 0 Å². The van der Waals surface area contributed by atoms with Gasteiger partial charge in [0, 0.05) is 11.6 Å². The number of ether oxygens (including phenoxy) is 3. The average Bonchev–Trinajstić information content (AvgIpc) is 2.78. The van der Waals surface area contributed by atoms with Crippen LogP contribution in [0.15, 0.2) is 75.9 Å². The standard InChI is InChI=1S/C24H20O6/c1-27-22-20(26)19-17(25)13-18(16-11-7-4-8-12-16)30-21(19)23(28-2)24(22)29-14-15-9-5-3-6-10-15/h3-13,26H,14H2,1-2H3. The van der Waals surface area contributed by atoms with E-state index < -0.39 is 5.43 Å². The number of methoxy groups -OCH3 is 2. The number of fused-ring (bicyclic) bond motifs is 1. The Kier molecular flexibility index (Phi) is 5.30. The van der Waals surface area contributed by atoms with Gasteiger partial charge in [0.1, 0.15) is 17.8 Å². The SMILES string of the molecule is COc1c(OCc2ccccc2)c(OC)c2oc(-c3ccccc3)cc(=O)c2c1O. The predicted molar refractivity (Wildman–Crippen MR) is 113 cm³/mol. The maximum absolute atomic E-state index is 12.8. The largest absolute Gasteiger partial charge is 0.504 e. The zero-order chi connectivity index (χ0) is 21.1. The fraction of sp³-hybridized carbons (Fsp3) is 0.125. The van der Waals surface area contributed by atoms with Gasteiger partial charge in [0.05, 0.1) is 14.2 Å². The Morgan fingerprint density at radius 2 is 1.50 bits per heavy atom. The van der Waals surface area contributed by atoms with Crippen molar-refractivity contribution in [2.75, 3.05) is 14.2 Å². The van der Waals surface area contributed by atoms with Gasteiger partial charge < -0.3 is 23.7 Å². The van der Waals surface area contributed by atoms with E-state index in [1.165, 1.54) is 20.3 Å². The number of phenolic OH excluding ortho intramolecular Hbond substituents is 1. The van der Waals surface area contributed by atoms with Gasteiger partial charge in [0.15, 0.2) is 16.8 Å². The second-order valence-corrected chi connectivity index (χ2v) is 6.56. The minimum absolute atomic E-state index is 0.00930. The quantitative estimate of drug-likeness (QED) is 0.499. The molecule has 0 unspecified atom stereocenters. The van der Waals surface area contributed by atoms with E-state index in [4.69, 9.17) is 18.6 Å². The van der Waals surface area contributed by atoms with E-state index in [-0.39, 0.29) is 40.6 Å². The molecule has 0 spiro atoms. The van der Waals surface area contributed by atoms with Gasteiger partial charge in [0.2, 0.25) is 17.2 Å². The van der Waals surface area contributed by atoms with Crippen molar-refractivity contribution in [3.05, 3.63) is 82.5 Å². The van der Waals surface area contributed by atoms with E-state index >= 15 is 0 Å². The van der Waals surface area contributed by atoms with Crippen LogP contribution >= 0.6 is 0 Å². The fourth-order valence-electron chi connectivity index (χ4n) is 3.29.